The second kappa shape index (κ2) is 12.3. The molecule has 41 heavy (non-hydrogen) atoms. The van der Waals surface area contributed by atoms with Gasteiger partial charge in [0.25, 0.3) is 0 Å². The van der Waals surface area contributed by atoms with Crippen LogP contribution in [-0.2, 0) is 11.3 Å². The normalized spacial score (nSPS) is 17.7. The molecule has 1 fully saturated rings. The van der Waals surface area contributed by atoms with E-state index in [4.69, 9.17) is 4.74 Å². The van der Waals surface area contributed by atoms with E-state index in [9.17, 15) is 14.0 Å². The molecular formula is C33H37FN4O3. The number of aromatic nitrogens is 3. The number of halogens is 1. The summed E-state index contributed by atoms with van der Waals surface area (Å²) < 4.78 is 20.3. The highest BCUT2D eigenvalue weighted by atomic mass is 19.1. The van der Waals surface area contributed by atoms with Gasteiger partial charge < -0.3 is 4.74 Å². The average molecular weight is 557 g/mol. The second-order valence-electron chi connectivity index (χ2n) is 11.5. The number of ether oxygens (including phenoxy) is 1. The molecule has 2 aromatic carbocycles. The molecule has 0 bridgehead atoms. The van der Waals surface area contributed by atoms with E-state index in [2.05, 4.69) is 20.1 Å². The molecule has 1 N–H and O–H groups in total. The van der Waals surface area contributed by atoms with Gasteiger partial charge in [0, 0.05) is 59.9 Å². The van der Waals surface area contributed by atoms with Gasteiger partial charge in [0.15, 0.2) is 5.78 Å². The highest BCUT2D eigenvalue weighted by molar-refractivity contribution is 6.02. The SMILES string of the molecule is COc1cccc(F)c1CN1C[C@H](CC(=O)c2ccc3[nH]nc(-c4ccnc(C)c4)c3c2)CC[C@H]1C(=O)CC(C)C. The molecule has 2 atom stereocenters. The number of Topliss-reactive ketones (excluding diaryl/α,β-unsaturated/α-hetero) is 2. The monoisotopic (exact) mass is 556 g/mol. The third kappa shape index (κ3) is 6.38. The Bertz CT molecular complexity index is 1560. The fraction of sp³-hybridized carbons (Fsp3) is 0.394. The van der Waals surface area contributed by atoms with Gasteiger partial charge in [-0.2, -0.15) is 5.10 Å². The third-order valence-electron chi connectivity index (χ3n) is 7.95. The van der Waals surface area contributed by atoms with Crippen LogP contribution in [0.3, 0.4) is 0 Å². The zero-order valence-electron chi connectivity index (χ0n) is 24.1. The van der Waals surface area contributed by atoms with Gasteiger partial charge in [-0.1, -0.05) is 19.9 Å². The Balaban J connectivity index is 1.36. The first-order valence-corrected chi connectivity index (χ1v) is 14.3. The lowest BCUT2D eigenvalue weighted by Gasteiger charge is -2.39. The number of rotatable bonds is 10. The molecule has 5 rings (SSSR count). The van der Waals surface area contributed by atoms with Crippen molar-refractivity contribution in [1.82, 2.24) is 20.1 Å². The van der Waals surface area contributed by atoms with Crippen molar-refractivity contribution in [1.29, 1.82) is 0 Å². The number of methoxy groups -OCH3 is 1. The lowest BCUT2D eigenvalue weighted by molar-refractivity contribution is -0.127. The minimum absolute atomic E-state index is 0.0466. The number of hydrogen-bond donors (Lipinski definition) is 1. The van der Waals surface area contributed by atoms with Crippen molar-refractivity contribution in [3.63, 3.8) is 0 Å². The Morgan fingerprint density at radius 3 is 2.73 bits per heavy atom. The maximum absolute atomic E-state index is 14.9. The largest absolute Gasteiger partial charge is 0.496 e. The molecule has 1 aliphatic rings. The highest BCUT2D eigenvalue weighted by Crippen LogP contribution is 2.33. The van der Waals surface area contributed by atoms with Gasteiger partial charge in [-0.25, -0.2) is 4.39 Å². The number of aromatic amines is 1. The number of carbonyl (C=O) groups is 2. The summed E-state index contributed by atoms with van der Waals surface area (Å²) in [6.07, 6.45) is 3.99. The predicted molar refractivity (Wildman–Crippen MR) is 157 cm³/mol. The molecule has 0 saturated carbocycles. The number of benzene rings is 2. The topological polar surface area (TPSA) is 88.2 Å². The van der Waals surface area contributed by atoms with E-state index in [0.717, 1.165) is 34.3 Å². The number of aryl methyl sites for hydroxylation is 1. The quantitative estimate of drug-likeness (QED) is 0.223. The van der Waals surface area contributed by atoms with E-state index in [0.29, 0.717) is 42.7 Å². The lowest BCUT2D eigenvalue weighted by Crippen LogP contribution is -2.48. The van der Waals surface area contributed by atoms with E-state index >= 15 is 0 Å². The van der Waals surface area contributed by atoms with Gasteiger partial charge in [0.2, 0.25) is 0 Å². The second-order valence-corrected chi connectivity index (χ2v) is 11.5. The highest BCUT2D eigenvalue weighted by Gasteiger charge is 2.34. The molecule has 7 nitrogen and oxygen atoms in total. The Labute approximate surface area is 240 Å². The van der Waals surface area contributed by atoms with Crippen molar-refractivity contribution in [2.24, 2.45) is 11.8 Å². The Kier molecular flexibility index (Phi) is 8.59. The van der Waals surface area contributed by atoms with Crippen LogP contribution in [0.4, 0.5) is 4.39 Å². The molecule has 8 heteroatoms. The predicted octanol–water partition coefficient (Wildman–Crippen LogP) is 6.55. The molecule has 0 radical (unpaired) electrons. The van der Waals surface area contributed by atoms with Crippen molar-refractivity contribution in [3.8, 4) is 17.0 Å². The van der Waals surface area contributed by atoms with Crippen LogP contribution < -0.4 is 4.74 Å². The van der Waals surface area contributed by atoms with Crippen LogP contribution in [-0.4, -0.2) is 51.3 Å². The van der Waals surface area contributed by atoms with Gasteiger partial charge >= 0.3 is 0 Å². The fourth-order valence-electron chi connectivity index (χ4n) is 5.94. The average Bonchev–Trinajstić information content (AvgIpc) is 3.37. The van der Waals surface area contributed by atoms with Crippen LogP contribution in [0.2, 0.25) is 0 Å². The van der Waals surface area contributed by atoms with Crippen molar-refractivity contribution in [2.45, 2.75) is 59.0 Å². The van der Waals surface area contributed by atoms with Crippen molar-refractivity contribution < 1.29 is 18.7 Å². The number of hydrogen-bond acceptors (Lipinski definition) is 6. The first-order valence-electron chi connectivity index (χ1n) is 14.3. The van der Waals surface area contributed by atoms with E-state index < -0.39 is 0 Å². The smallest absolute Gasteiger partial charge is 0.163 e. The molecule has 2 aromatic heterocycles. The van der Waals surface area contributed by atoms with Crippen LogP contribution in [0.15, 0.2) is 54.7 Å². The van der Waals surface area contributed by atoms with Gasteiger partial charge in [0.1, 0.15) is 23.0 Å². The molecule has 0 spiro atoms. The minimum Gasteiger partial charge on any atom is -0.496 e. The number of fused-ring (bicyclic) bond motifs is 1. The Morgan fingerprint density at radius 1 is 1.15 bits per heavy atom. The number of carbonyl (C=O) groups excluding carboxylic acids is 2. The van der Waals surface area contributed by atoms with E-state index in [1.807, 2.05) is 51.1 Å². The van der Waals surface area contributed by atoms with Gasteiger partial charge in [-0.05, 0) is 74.1 Å². The summed E-state index contributed by atoms with van der Waals surface area (Å²) in [7, 11) is 1.52. The van der Waals surface area contributed by atoms with Gasteiger partial charge in [-0.3, -0.25) is 24.6 Å². The number of nitrogens with zero attached hydrogens (tertiary/aromatic N) is 3. The van der Waals surface area contributed by atoms with Crippen LogP contribution in [0, 0.1) is 24.6 Å². The summed E-state index contributed by atoms with van der Waals surface area (Å²) in [4.78, 5) is 33.1. The molecule has 0 unspecified atom stereocenters. The fourth-order valence-corrected chi connectivity index (χ4v) is 5.94. The third-order valence-corrected chi connectivity index (χ3v) is 7.95. The molecule has 3 heterocycles. The Morgan fingerprint density at radius 2 is 1.98 bits per heavy atom. The maximum Gasteiger partial charge on any atom is 0.163 e. The van der Waals surface area contributed by atoms with Gasteiger partial charge in [0.05, 0.1) is 18.7 Å². The number of nitrogens with one attached hydrogen (secondary N) is 1. The standard InChI is InChI=1S/C33H37FN4O3/c1-20(2)14-31(40)29-11-8-22(18-38(29)19-26-27(34)6-5-7-32(26)41-4)16-30(39)23-9-10-28-25(17-23)33(37-36-28)24-12-13-35-21(3)15-24/h5-7,9-10,12-13,15,17,20,22,29H,8,11,14,16,18-19H2,1-4H3,(H,36,37)/t22-,29-/m0/s1. The first-order chi connectivity index (χ1) is 19.7. The van der Waals surface area contributed by atoms with Crippen molar-refractivity contribution in [3.05, 3.63) is 77.4 Å². The summed E-state index contributed by atoms with van der Waals surface area (Å²) in [6.45, 7) is 6.79. The number of pyridine rings is 1. The molecule has 1 saturated heterocycles. The summed E-state index contributed by atoms with van der Waals surface area (Å²) in [5.41, 5.74) is 4.55. The maximum atomic E-state index is 14.9. The summed E-state index contributed by atoms with van der Waals surface area (Å²) in [5.74, 6) is 0.615. The van der Waals surface area contributed by atoms with E-state index in [1.165, 1.54) is 13.2 Å². The summed E-state index contributed by atoms with van der Waals surface area (Å²) in [5, 5.41) is 8.45. The molecule has 214 valence electrons. The van der Waals surface area contributed by atoms with Crippen molar-refractivity contribution in [2.75, 3.05) is 13.7 Å². The summed E-state index contributed by atoms with van der Waals surface area (Å²) in [6, 6.07) is 14.0. The van der Waals surface area contributed by atoms with Crippen LogP contribution >= 0.6 is 0 Å². The van der Waals surface area contributed by atoms with Crippen LogP contribution in [0.1, 0.15) is 61.1 Å². The number of ketones is 2. The molecule has 4 aromatic rings. The number of H-pyrrole nitrogens is 1. The summed E-state index contributed by atoms with van der Waals surface area (Å²) >= 11 is 0. The first kappa shape index (κ1) is 28.6. The lowest BCUT2D eigenvalue weighted by atomic mass is 9.84. The zero-order valence-corrected chi connectivity index (χ0v) is 24.1. The molecule has 1 aliphatic heterocycles. The van der Waals surface area contributed by atoms with Gasteiger partial charge in [-0.15, -0.1) is 0 Å². The Hall–Kier alpha value is -3.91. The van der Waals surface area contributed by atoms with Crippen LogP contribution in [0.25, 0.3) is 22.2 Å². The number of piperidine rings is 1. The minimum atomic E-state index is -0.355. The van der Waals surface area contributed by atoms with E-state index in [1.54, 1.807) is 18.3 Å². The van der Waals surface area contributed by atoms with Crippen molar-refractivity contribution >= 4 is 22.5 Å². The molecule has 0 amide bonds. The number of likely N-dealkylation sites (tertiary alicyclic amines) is 1. The zero-order chi connectivity index (χ0) is 29.1. The van der Waals surface area contributed by atoms with Crippen LogP contribution in [0.5, 0.6) is 5.75 Å². The molecular weight excluding hydrogens is 519 g/mol. The molecule has 0 aliphatic carbocycles. The van der Waals surface area contributed by atoms with E-state index in [-0.39, 0.29) is 41.8 Å².